The van der Waals surface area contributed by atoms with Crippen LogP contribution in [0.15, 0.2) is 48.5 Å². The Kier molecular flexibility index (Phi) is 5.49. The third kappa shape index (κ3) is 3.83. The number of aromatic nitrogens is 1. The Morgan fingerprint density at radius 3 is 2.69 bits per heavy atom. The van der Waals surface area contributed by atoms with Crippen LogP contribution in [0.4, 0.5) is 17.2 Å². The maximum absolute atomic E-state index is 12.8. The minimum atomic E-state index is 0.0289. The van der Waals surface area contributed by atoms with Gasteiger partial charge in [0, 0.05) is 23.2 Å². The Balaban J connectivity index is 1.76. The first-order valence-electron chi connectivity index (χ1n) is 10.4. The van der Waals surface area contributed by atoms with Crippen molar-refractivity contribution in [2.75, 3.05) is 36.4 Å². The zero-order valence-corrected chi connectivity index (χ0v) is 17.4. The number of anilines is 3. The molecule has 0 saturated heterocycles. The first kappa shape index (κ1) is 19.4. The Bertz CT molecular complexity index is 1040. The lowest BCUT2D eigenvalue weighted by Crippen LogP contribution is -2.33. The van der Waals surface area contributed by atoms with Crippen LogP contribution in [0.5, 0.6) is 0 Å². The van der Waals surface area contributed by atoms with E-state index < -0.39 is 0 Å². The number of aryl methyl sites for hydroxylation is 1. The summed E-state index contributed by atoms with van der Waals surface area (Å²) in [6.07, 6.45) is 0.863. The number of carbonyl (C=O) groups excluding carboxylic acids is 1. The Morgan fingerprint density at radius 1 is 1.14 bits per heavy atom. The summed E-state index contributed by atoms with van der Waals surface area (Å²) in [5, 5.41) is 4.23. The molecule has 0 bridgehead atoms. The number of likely N-dealkylation sites (N-methyl/N-ethyl adjacent to an activating group) is 1. The van der Waals surface area contributed by atoms with Crippen LogP contribution in [-0.4, -0.2) is 42.0 Å². The monoisotopic (exact) mass is 388 g/mol. The quantitative estimate of drug-likeness (QED) is 0.675. The third-order valence-electron chi connectivity index (χ3n) is 5.65. The molecule has 0 unspecified atom stereocenters. The number of fused-ring (bicyclic) bond motifs is 2. The maximum Gasteiger partial charge on any atom is 0.238 e. The molecule has 5 heteroatoms. The molecule has 0 aliphatic carbocycles. The van der Waals surface area contributed by atoms with E-state index in [2.05, 4.69) is 60.2 Å². The van der Waals surface area contributed by atoms with E-state index in [9.17, 15) is 4.79 Å². The number of hydrogen-bond acceptors (Lipinski definition) is 4. The van der Waals surface area contributed by atoms with Crippen molar-refractivity contribution in [3.05, 3.63) is 59.7 Å². The number of rotatable bonds is 6. The lowest BCUT2D eigenvalue weighted by Gasteiger charge is -2.21. The molecule has 2 aromatic carbocycles. The van der Waals surface area contributed by atoms with Gasteiger partial charge in [-0.15, -0.1) is 0 Å². The van der Waals surface area contributed by atoms with Gasteiger partial charge in [0.1, 0.15) is 5.82 Å². The lowest BCUT2D eigenvalue weighted by atomic mass is 10.1. The molecule has 1 aliphatic rings. The van der Waals surface area contributed by atoms with Gasteiger partial charge >= 0.3 is 0 Å². The molecular weight excluding hydrogens is 360 g/mol. The number of amides is 1. The molecule has 29 heavy (non-hydrogen) atoms. The van der Waals surface area contributed by atoms with Gasteiger partial charge in [-0.1, -0.05) is 44.2 Å². The molecular formula is C24H28N4O. The number of nitrogens with zero attached hydrogens (tertiary/aromatic N) is 3. The van der Waals surface area contributed by atoms with E-state index in [-0.39, 0.29) is 5.91 Å². The smallest absolute Gasteiger partial charge is 0.238 e. The fourth-order valence-corrected chi connectivity index (χ4v) is 4.05. The van der Waals surface area contributed by atoms with Crippen LogP contribution in [0.1, 0.15) is 25.0 Å². The van der Waals surface area contributed by atoms with E-state index >= 15 is 0 Å². The highest BCUT2D eigenvalue weighted by Crippen LogP contribution is 2.40. The van der Waals surface area contributed by atoms with Crippen LogP contribution in [-0.2, 0) is 11.2 Å². The maximum atomic E-state index is 12.8. The summed E-state index contributed by atoms with van der Waals surface area (Å²) >= 11 is 0. The van der Waals surface area contributed by atoms with Gasteiger partial charge in [-0.3, -0.25) is 9.69 Å². The topological polar surface area (TPSA) is 48.5 Å². The fraction of sp³-hybridized carbons (Fsp3) is 0.333. The Morgan fingerprint density at radius 2 is 1.93 bits per heavy atom. The predicted octanol–water partition coefficient (Wildman–Crippen LogP) is 4.52. The van der Waals surface area contributed by atoms with Crippen LogP contribution in [0.3, 0.4) is 0 Å². The average Bonchev–Trinajstić information content (AvgIpc) is 3.15. The number of carbonyl (C=O) groups is 1. The van der Waals surface area contributed by atoms with Gasteiger partial charge < -0.3 is 10.2 Å². The summed E-state index contributed by atoms with van der Waals surface area (Å²) in [4.78, 5) is 22.1. The number of benzene rings is 2. The van der Waals surface area contributed by atoms with E-state index in [0.29, 0.717) is 6.54 Å². The number of nitrogens with one attached hydrogen (secondary N) is 1. The highest BCUT2D eigenvalue weighted by Gasteiger charge is 2.27. The fourth-order valence-electron chi connectivity index (χ4n) is 4.05. The molecule has 5 nitrogen and oxygen atoms in total. The van der Waals surface area contributed by atoms with Gasteiger partial charge in [0.2, 0.25) is 5.91 Å². The molecule has 0 fully saturated rings. The molecule has 0 spiro atoms. The summed E-state index contributed by atoms with van der Waals surface area (Å²) in [5.74, 6) is 0.980. The normalized spacial score (nSPS) is 13.2. The molecule has 4 rings (SSSR count). The zero-order valence-electron chi connectivity index (χ0n) is 17.4. The van der Waals surface area contributed by atoms with E-state index in [0.717, 1.165) is 59.7 Å². The number of hydrogen-bond donors (Lipinski definition) is 1. The van der Waals surface area contributed by atoms with Gasteiger partial charge in [-0.25, -0.2) is 4.98 Å². The number of para-hydroxylation sites is 1. The van der Waals surface area contributed by atoms with E-state index in [1.807, 2.05) is 24.3 Å². The molecule has 0 radical (unpaired) electrons. The summed E-state index contributed by atoms with van der Waals surface area (Å²) < 4.78 is 0. The van der Waals surface area contributed by atoms with Gasteiger partial charge in [-0.05, 0) is 50.2 Å². The average molecular weight is 389 g/mol. The summed E-state index contributed by atoms with van der Waals surface area (Å²) in [7, 11) is 0. The van der Waals surface area contributed by atoms with Crippen LogP contribution >= 0.6 is 0 Å². The number of pyridine rings is 1. The van der Waals surface area contributed by atoms with Crippen molar-refractivity contribution in [1.82, 2.24) is 9.88 Å². The molecule has 2 heterocycles. The summed E-state index contributed by atoms with van der Waals surface area (Å²) in [6, 6.07) is 16.6. The van der Waals surface area contributed by atoms with E-state index in [4.69, 9.17) is 4.98 Å². The minimum absolute atomic E-state index is 0.0289. The van der Waals surface area contributed by atoms with Gasteiger partial charge in [-0.2, -0.15) is 0 Å². The first-order valence-corrected chi connectivity index (χ1v) is 10.4. The van der Waals surface area contributed by atoms with Crippen molar-refractivity contribution < 1.29 is 4.79 Å². The molecule has 0 saturated carbocycles. The molecule has 0 atom stereocenters. The third-order valence-corrected chi connectivity index (χ3v) is 5.65. The highest BCUT2D eigenvalue weighted by atomic mass is 16.2. The second-order valence-corrected chi connectivity index (χ2v) is 7.56. The Hall–Kier alpha value is -2.92. The Labute approximate surface area is 172 Å². The molecule has 1 N–H and O–H groups in total. The summed E-state index contributed by atoms with van der Waals surface area (Å²) in [6.45, 7) is 9.25. The van der Waals surface area contributed by atoms with Crippen molar-refractivity contribution in [2.45, 2.75) is 27.2 Å². The molecule has 1 aliphatic heterocycles. The first-order chi connectivity index (χ1) is 14.1. The van der Waals surface area contributed by atoms with Crippen molar-refractivity contribution in [3.8, 4) is 0 Å². The van der Waals surface area contributed by atoms with Crippen molar-refractivity contribution >= 4 is 34.0 Å². The predicted molar refractivity (Wildman–Crippen MR) is 120 cm³/mol. The lowest BCUT2D eigenvalue weighted by molar-refractivity contribution is -0.117. The molecule has 1 aromatic heterocycles. The van der Waals surface area contributed by atoms with E-state index in [1.54, 1.807) is 0 Å². The second-order valence-electron chi connectivity index (χ2n) is 7.56. The highest BCUT2D eigenvalue weighted by molar-refractivity contribution is 6.05. The molecule has 1 amide bonds. The standard InChI is InChI=1S/C24H28N4O/c1-4-27(5-2)16-22(29)26-23-19-11-6-7-12-21(19)25-24-20(23)13-14-28(24)18-10-8-9-17(3)15-18/h6-12,15H,4-5,13-14,16H2,1-3H3,(H,25,26,29). The van der Waals surface area contributed by atoms with Crippen molar-refractivity contribution in [1.29, 1.82) is 0 Å². The van der Waals surface area contributed by atoms with Crippen LogP contribution in [0.25, 0.3) is 10.9 Å². The van der Waals surface area contributed by atoms with E-state index in [1.165, 1.54) is 5.56 Å². The van der Waals surface area contributed by atoms with Crippen LogP contribution < -0.4 is 10.2 Å². The van der Waals surface area contributed by atoms with Crippen molar-refractivity contribution in [3.63, 3.8) is 0 Å². The van der Waals surface area contributed by atoms with Crippen molar-refractivity contribution in [2.24, 2.45) is 0 Å². The second kappa shape index (κ2) is 8.21. The zero-order chi connectivity index (χ0) is 20.4. The van der Waals surface area contributed by atoms with Crippen LogP contribution in [0.2, 0.25) is 0 Å². The molecule has 150 valence electrons. The molecule has 3 aromatic rings. The van der Waals surface area contributed by atoms with Gasteiger partial charge in [0.25, 0.3) is 0 Å². The van der Waals surface area contributed by atoms with Gasteiger partial charge in [0.15, 0.2) is 0 Å². The largest absolute Gasteiger partial charge is 0.326 e. The minimum Gasteiger partial charge on any atom is -0.326 e. The summed E-state index contributed by atoms with van der Waals surface area (Å²) in [5.41, 5.74) is 5.32. The van der Waals surface area contributed by atoms with Crippen LogP contribution in [0, 0.1) is 6.92 Å². The van der Waals surface area contributed by atoms with Gasteiger partial charge in [0.05, 0.1) is 17.7 Å². The SMILES string of the molecule is CCN(CC)CC(=O)Nc1c2c(nc3ccccc13)N(c1cccc(C)c1)CC2.